The Morgan fingerprint density at radius 2 is 1.94 bits per heavy atom. The lowest BCUT2D eigenvalue weighted by molar-refractivity contribution is -0.121. The van der Waals surface area contributed by atoms with E-state index in [2.05, 4.69) is 21.2 Å². The molecule has 0 aliphatic rings. The van der Waals surface area contributed by atoms with Gasteiger partial charge in [0.05, 0.1) is 12.8 Å². The van der Waals surface area contributed by atoms with Crippen molar-refractivity contribution in [3.63, 3.8) is 0 Å². The molecule has 0 saturated heterocycles. The first-order chi connectivity index (χ1) is 15.8. The maximum absolute atomic E-state index is 12.7. The summed E-state index contributed by atoms with van der Waals surface area (Å²) in [6, 6.07) is 13.8. The fourth-order valence-electron chi connectivity index (χ4n) is 3.86. The number of methoxy groups -OCH3 is 1. The van der Waals surface area contributed by atoms with Crippen molar-refractivity contribution >= 4 is 12.1 Å². The van der Waals surface area contributed by atoms with Crippen molar-refractivity contribution in [3.05, 3.63) is 86.1 Å². The lowest BCUT2D eigenvalue weighted by Crippen LogP contribution is -2.33. The predicted octanol–water partition coefficient (Wildman–Crippen LogP) is 3.04. The normalized spacial score (nSPS) is 11.0. The first-order valence-electron chi connectivity index (χ1n) is 10.5. The number of rotatable bonds is 7. The molecule has 0 aliphatic carbocycles. The number of pyridine rings is 1. The van der Waals surface area contributed by atoms with Crippen LogP contribution < -0.4 is 11.0 Å². The Bertz CT molecular complexity index is 1330. The van der Waals surface area contributed by atoms with Gasteiger partial charge < -0.3 is 13.9 Å². The summed E-state index contributed by atoms with van der Waals surface area (Å²) in [6.07, 6.45) is 1.59. The molecule has 1 N–H and O–H groups in total. The molecule has 2 heterocycles. The van der Waals surface area contributed by atoms with Crippen LogP contribution in [0.15, 0.2) is 46.3 Å². The molecule has 1 amide bonds. The van der Waals surface area contributed by atoms with Crippen LogP contribution in [0.25, 0.3) is 5.69 Å². The number of aryl methyl sites for hydroxylation is 3. The van der Waals surface area contributed by atoms with Crippen LogP contribution >= 0.6 is 0 Å². The van der Waals surface area contributed by atoms with Crippen LogP contribution in [-0.4, -0.2) is 28.4 Å². The Morgan fingerprint density at radius 1 is 1.18 bits per heavy atom. The molecule has 8 nitrogen and oxygen atoms in total. The van der Waals surface area contributed by atoms with Gasteiger partial charge in [-0.1, -0.05) is 12.1 Å². The topological polar surface area (TPSA) is 101 Å². The number of amides is 1. The number of carbonyl (C=O) groups is 1. The third-order valence-corrected chi connectivity index (χ3v) is 5.43. The third kappa shape index (κ3) is 5.10. The van der Waals surface area contributed by atoms with E-state index < -0.39 is 11.5 Å². The second-order valence-electron chi connectivity index (χ2n) is 7.92. The van der Waals surface area contributed by atoms with E-state index in [4.69, 9.17) is 4.74 Å². The van der Waals surface area contributed by atoms with Gasteiger partial charge in [0.15, 0.2) is 0 Å². The van der Waals surface area contributed by atoms with Crippen molar-refractivity contribution in [1.29, 1.82) is 5.26 Å². The van der Waals surface area contributed by atoms with Gasteiger partial charge >= 0.3 is 0 Å². The predicted molar refractivity (Wildman–Crippen MR) is 127 cm³/mol. The summed E-state index contributed by atoms with van der Waals surface area (Å²) in [4.78, 5) is 25.1. The molecule has 0 spiro atoms. The second-order valence-corrected chi connectivity index (χ2v) is 7.92. The minimum absolute atomic E-state index is 0.0256. The molecule has 0 bridgehead atoms. The first kappa shape index (κ1) is 23.7. The standard InChI is InChI=1S/C25H27N5O3/c1-16-7-6-8-22(9-16)30-18(3)11-20(19(30)4)13-27-28-24(31)14-29-17(2)10-21(15-33-5)23(12-26)25(29)32/h6-11,13H,14-15H2,1-5H3,(H,28,31)/b27-13+. The molecule has 0 saturated carbocycles. The molecule has 0 atom stereocenters. The van der Waals surface area contributed by atoms with Crippen LogP contribution in [0.3, 0.4) is 0 Å². The molecule has 3 rings (SSSR count). The van der Waals surface area contributed by atoms with E-state index in [9.17, 15) is 14.9 Å². The molecule has 0 fully saturated rings. The Balaban J connectivity index is 1.76. The van der Waals surface area contributed by atoms with Crippen LogP contribution in [0.1, 0.15) is 39.3 Å². The summed E-state index contributed by atoms with van der Waals surface area (Å²) >= 11 is 0. The Kier molecular flexibility index (Phi) is 7.26. The summed E-state index contributed by atoms with van der Waals surface area (Å²) in [5.74, 6) is -0.465. The minimum Gasteiger partial charge on any atom is -0.380 e. The molecule has 0 radical (unpaired) electrons. The van der Waals surface area contributed by atoms with Gasteiger partial charge in [-0.2, -0.15) is 10.4 Å². The number of hydrogen-bond donors (Lipinski definition) is 1. The van der Waals surface area contributed by atoms with Gasteiger partial charge in [0.25, 0.3) is 11.5 Å². The zero-order valence-corrected chi connectivity index (χ0v) is 19.5. The van der Waals surface area contributed by atoms with Crippen LogP contribution in [-0.2, 0) is 22.7 Å². The molecular formula is C25H27N5O3. The van der Waals surface area contributed by atoms with Crippen molar-refractivity contribution < 1.29 is 9.53 Å². The number of hydrazone groups is 1. The van der Waals surface area contributed by atoms with Crippen LogP contribution in [0, 0.1) is 39.0 Å². The maximum atomic E-state index is 12.7. The number of nitrogens with one attached hydrogen (secondary N) is 1. The van der Waals surface area contributed by atoms with Crippen molar-refractivity contribution in [3.8, 4) is 11.8 Å². The van der Waals surface area contributed by atoms with Gasteiger partial charge in [0.2, 0.25) is 0 Å². The highest BCUT2D eigenvalue weighted by atomic mass is 16.5. The van der Waals surface area contributed by atoms with Crippen molar-refractivity contribution in [2.75, 3.05) is 7.11 Å². The lowest BCUT2D eigenvalue weighted by atomic mass is 10.1. The number of nitrogens with zero attached hydrogens (tertiary/aromatic N) is 4. The third-order valence-electron chi connectivity index (χ3n) is 5.43. The van der Waals surface area contributed by atoms with E-state index >= 15 is 0 Å². The van der Waals surface area contributed by atoms with Gasteiger partial charge in [-0.25, -0.2) is 5.43 Å². The average molecular weight is 446 g/mol. The summed E-state index contributed by atoms with van der Waals surface area (Å²) in [7, 11) is 1.49. The molecule has 3 aromatic rings. The fourth-order valence-corrected chi connectivity index (χ4v) is 3.86. The summed E-state index contributed by atoms with van der Waals surface area (Å²) in [5, 5.41) is 13.4. The summed E-state index contributed by atoms with van der Waals surface area (Å²) < 4.78 is 8.44. The Morgan fingerprint density at radius 3 is 2.61 bits per heavy atom. The van der Waals surface area contributed by atoms with Crippen LogP contribution in [0.5, 0.6) is 0 Å². The molecule has 0 unspecified atom stereocenters. The molecule has 2 aromatic heterocycles. The molecular weight excluding hydrogens is 418 g/mol. The lowest BCUT2D eigenvalue weighted by Gasteiger charge is -2.12. The summed E-state index contributed by atoms with van der Waals surface area (Å²) in [5.41, 5.74) is 8.14. The number of carbonyl (C=O) groups excluding carboxylic acids is 1. The van der Waals surface area contributed by atoms with Gasteiger partial charge in [-0.3, -0.25) is 9.59 Å². The van der Waals surface area contributed by atoms with E-state index in [1.165, 1.54) is 17.2 Å². The van der Waals surface area contributed by atoms with Crippen molar-refractivity contribution in [1.82, 2.24) is 14.6 Å². The zero-order valence-electron chi connectivity index (χ0n) is 19.5. The van der Waals surface area contributed by atoms with Gasteiger partial charge in [0, 0.05) is 41.0 Å². The Labute approximate surface area is 192 Å². The zero-order chi connectivity index (χ0) is 24.1. The molecule has 8 heteroatoms. The van der Waals surface area contributed by atoms with E-state index in [1.807, 2.05) is 51.1 Å². The molecule has 170 valence electrons. The number of aromatic nitrogens is 2. The highest BCUT2D eigenvalue weighted by Crippen LogP contribution is 2.20. The van der Waals surface area contributed by atoms with Crippen LogP contribution in [0.4, 0.5) is 0 Å². The second kappa shape index (κ2) is 10.1. The quantitative estimate of drug-likeness (QED) is 0.446. The molecule has 1 aromatic carbocycles. The fraction of sp³-hybridized carbons (Fsp3) is 0.280. The smallest absolute Gasteiger partial charge is 0.269 e. The average Bonchev–Trinajstić information content (AvgIpc) is 3.04. The highest BCUT2D eigenvalue weighted by Gasteiger charge is 2.15. The number of ether oxygens (including phenoxy) is 1. The number of hydrogen-bond acceptors (Lipinski definition) is 5. The highest BCUT2D eigenvalue weighted by molar-refractivity contribution is 5.84. The van der Waals surface area contributed by atoms with Gasteiger partial charge in [0.1, 0.15) is 18.2 Å². The van der Waals surface area contributed by atoms with E-state index in [-0.39, 0.29) is 18.7 Å². The molecule has 33 heavy (non-hydrogen) atoms. The maximum Gasteiger partial charge on any atom is 0.269 e. The molecule has 0 aliphatic heterocycles. The minimum atomic E-state index is -0.523. The van der Waals surface area contributed by atoms with E-state index in [0.29, 0.717) is 11.3 Å². The van der Waals surface area contributed by atoms with Crippen LogP contribution in [0.2, 0.25) is 0 Å². The number of nitriles is 1. The monoisotopic (exact) mass is 445 g/mol. The van der Waals surface area contributed by atoms with E-state index in [0.717, 1.165) is 22.6 Å². The largest absolute Gasteiger partial charge is 0.380 e. The van der Waals surface area contributed by atoms with Crippen molar-refractivity contribution in [2.45, 2.75) is 40.8 Å². The van der Waals surface area contributed by atoms with E-state index in [1.54, 1.807) is 19.2 Å². The SMILES string of the molecule is COCc1cc(C)n(CC(=O)N/N=C/c2cc(C)n(-c3cccc(C)c3)c2C)c(=O)c1C#N. The Hall–Kier alpha value is -3.96. The summed E-state index contributed by atoms with van der Waals surface area (Å²) in [6.45, 7) is 7.67. The van der Waals surface area contributed by atoms with Gasteiger partial charge in [-0.15, -0.1) is 0 Å². The first-order valence-corrected chi connectivity index (χ1v) is 10.5. The number of benzene rings is 1. The van der Waals surface area contributed by atoms with Gasteiger partial charge in [-0.05, 0) is 57.5 Å². The van der Waals surface area contributed by atoms with Crippen molar-refractivity contribution in [2.24, 2.45) is 5.10 Å².